The summed E-state index contributed by atoms with van der Waals surface area (Å²) in [5.41, 5.74) is 13.3. The molecule has 0 aliphatic carbocycles. The summed E-state index contributed by atoms with van der Waals surface area (Å²) in [5, 5.41) is 11.5. The second-order valence-corrected chi connectivity index (χ2v) is 7.00. The molecule has 2 aromatic carbocycles. The lowest BCUT2D eigenvalue weighted by atomic mass is 10.1. The molecule has 0 atom stereocenters. The van der Waals surface area contributed by atoms with Gasteiger partial charge in [-0.15, -0.1) is 0 Å². The van der Waals surface area contributed by atoms with Crippen LogP contribution in [0.3, 0.4) is 0 Å². The number of benzene rings is 2. The molecule has 0 saturated heterocycles. The fourth-order valence-electron chi connectivity index (χ4n) is 3.12. The minimum atomic E-state index is -0.846. The standard InChI is InChI=1S/C24H26N6O4/c1-4-33-16-11-12-18-17(13-16)14(3)27-24(28-18)30-23(26)29-21(25)19(22(32)34-5-2)20(31)15-9-7-6-8-10-15/h6-13,31H,4-5H2,1-3H3,(H4,25,26,27,28,29,30). The lowest BCUT2D eigenvalue weighted by Crippen LogP contribution is -2.27. The average molecular weight is 463 g/mol. The van der Waals surface area contributed by atoms with E-state index in [0.29, 0.717) is 29.1 Å². The van der Waals surface area contributed by atoms with E-state index in [-0.39, 0.29) is 29.9 Å². The van der Waals surface area contributed by atoms with Crippen molar-refractivity contribution < 1.29 is 19.4 Å². The van der Waals surface area contributed by atoms with Gasteiger partial charge in [0.15, 0.2) is 0 Å². The first-order valence-electron chi connectivity index (χ1n) is 10.6. The summed E-state index contributed by atoms with van der Waals surface area (Å²) in [5.74, 6) is -1.12. The monoisotopic (exact) mass is 462 g/mol. The number of carbonyl (C=O) groups is 1. The number of aryl methyl sites for hydroxylation is 1. The van der Waals surface area contributed by atoms with Gasteiger partial charge >= 0.3 is 5.97 Å². The normalized spacial score (nSPS) is 12.9. The third-order valence-electron chi connectivity index (χ3n) is 4.63. The van der Waals surface area contributed by atoms with Crippen LogP contribution in [0.4, 0.5) is 5.95 Å². The highest BCUT2D eigenvalue weighted by Crippen LogP contribution is 2.24. The number of guanidine groups is 1. The third kappa shape index (κ3) is 5.66. The van der Waals surface area contributed by atoms with Crippen LogP contribution in [0.15, 0.2) is 64.1 Å². The molecule has 0 unspecified atom stereocenters. The molecule has 10 heteroatoms. The van der Waals surface area contributed by atoms with Crippen molar-refractivity contribution in [2.24, 2.45) is 21.5 Å². The number of rotatable bonds is 7. The Morgan fingerprint density at radius 1 is 1.06 bits per heavy atom. The van der Waals surface area contributed by atoms with E-state index in [1.165, 1.54) is 0 Å². The molecule has 176 valence electrons. The van der Waals surface area contributed by atoms with Gasteiger partial charge in [0, 0.05) is 10.9 Å². The van der Waals surface area contributed by atoms with Crippen LogP contribution in [-0.2, 0) is 9.53 Å². The molecule has 5 N–H and O–H groups in total. The van der Waals surface area contributed by atoms with Crippen molar-refractivity contribution in [1.29, 1.82) is 0 Å². The summed E-state index contributed by atoms with van der Waals surface area (Å²) in [7, 11) is 0. The van der Waals surface area contributed by atoms with E-state index in [2.05, 4.69) is 20.0 Å². The Labute approximate surface area is 196 Å². The summed E-state index contributed by atoms with van der Waals surface area (Å²) in [4.78, 5) is 29.3. The van der Waals surface area contributed by atoms with Crippen LogP contribution >= 0.6 is 0 Å². The van der Waals surface area contributed by atoms with Crippen molar-refractivity contribution in [1.82, 2.24) is 9.97 Å². The molecule has 0 radical (unpaired) electrons. The van der Waals surface area contributed by atoms with Crippen molar-refractivity contribution >= 4 is 40.4 Å². The van der Waals surface area contributed by atoms with Gasteiger partial charge in [0.25, 0.3) is 5.95 Å². The molecule has 0 bridgehead atoms. The number of aliphatic hydroxyl groups is 1. The zero-order valence-electron chi connectivity index (χ0n) is 19.1. The first kappa shape index (κ1) is 24.2. The summed E-state index contributed by atoms with van der Waals surface area (Å²) in [6.07, 6.45) is 0. The van der Waals surface area contributed by atoms with Crippen LogP contribution in [0, 0.1) is 6.92 Å². The van der Waals surface area contributed by atoms with Crippen LogP contribution in [0.1, 0.15) is 25.1 Å². The molecular weight excluding hydrogens is 436 g/mol. The van der Waals surface area contributed by atoms with Crippen LogP contribution in [0.25, 0.3) is 16.7 Å². The molecule has 3 aromatic rings. The molecule has 0 amide bonds. The van der Waals surface area contributed by atoms with Gasteiger partial charge in [0.05, 0.1) is 24.4 Å². The maximum Gasteiger partial charge on any atom is 0.345 e. The number of aliphatic hydroxyl groups excluding tert-OH is 1. The van der Waals surface area contributed by atoms with Crippen molar-refractivity contribution in [2.75, 3.05) is 13.2 Å². The fourth-order valence-corrected chi connectivity index (χ4v) is 3.12. The van der Waals surface area contributed by atoms with Crippen LogP contribution in [-0.4, -0.2) is 46.1 Å². The zero-order chi connectivity index (χ0) is 24.7. The fraction of sp³-hybridized carbons (Fsp3) is 0.208. The molecule has 0 aliphatic rings. The smallest absolute Gasteiger partial charge is 0.345 e. The molecule has 0 saturated carbocycles. The number of hydrogen-bond acceptors (Lipinski definition) is 7. The molecular formula is C24H26N6O4. The summed E-state index contributed by atoms with van der Waals surface area (Å²) in [6, 6.07) is 13.8. The van der Waals surface area contributed by atoms with Gasteiger partial charge in [-0.3, -0.25) is 0 Å². The number of nitrogens with zero attached hydrogens (tertiary/aromatic N) is 4. The predicted molar refractivity (Wildman–Crippen MR) is 131 cm³/mol. The first-order valence-corrected chi connectivity index (χ1v) is 10.6. The van der Waals surface area contributed by atoms with Crippen molar-refractivity contribution in [3.63, 3.8) is 0 Å². The third-order valence-corrected chi connectivity index (χ3v) is 4.63. The zero-order valence-corrected chi connectivity index (χ0v) is 19.1. The van der Waals surface area contributed by atoms with Gasteiger partial charge < -0.3 is 26.0 Å². The Balaban J connectivity index is 1.99. The molecule has 0 fully saturated rings. The Morgan fingerprint density at radius 2 is 1.79 bits per heavy atom. The average Bonchev–Trinajstić information content (AvgIpc) is 2.80. The van der Waals surface area contributed by atoms with Crippen molar-refractivity contribution in [2.45, 2.75) is 20.8 Å². The minimum Gasteiger partial charge on any atom is -0.506 e. The van der Waals surface area contributed by atoms with E-state index in [1.54, 1.807) is 49.4 Å². The predicted octanol–water partition coefficient (Wildman–Crippen LogP) is 3.17. The van der Waals surface area contributed by atoms with Gasteiger partial charge in [-0.25, -0.2) is 14.8 Å². The number of nitrogens with two attached hydrogens (primary N) is 2. The van der Waals surface area contributed by atoms with E-state index in [4.69, 9.17) is 20.9 Å². The maximum absolute atomic E-state index is 12.5. The number of amidine groups is 1. The van der Waals surface area contributed by atoms with E-state index >= 15 is 0 Å². The Kier molecular flexibility index (Phi) is 7.75. The van der Waals surface area contributed by atoms with Gasteiger partial charge in [0.2, 0.25) is 5.96 Å². The minimum absolute atomic E-state index is 0.0668. The molecule has 0 spiro atoms. The lowest BCUT2D eigenvalue weighted by Gasteiger charge is -2.10. The lowest BCUT2D eigenvalue weighted by molar-refractivity contribution is -0.137. The molecule has 1 heterocycles. The van der Waals surface area contributed by atoms with Crippen LogP contribution in [0.2, 0.25) is 0 Å². The Morgan fingerprint density at radius 3 is 2.47 bits per heavy atom. The molecule has 34 heavy (non-hydrogen) atoms. The second-order valence-electron chi connectivity index (χ2n) is 7.00. The summed E-state index contributed by atoms with van der Waals surface area (Å²) < 4.78 is 10.5. The second kappa shape index (κ2) is 10.9. The summed E-state index contributed by atoms with van der Waals surface area (Å²) in [6.45, 7) is 5.98. The van der Waals surface area contributed by atoms with Gasteiger partial charge in [-0.2, -0.15) is 9.98 Å². The van der Waals surface area contributed by atoms with Crippen LogP contribution in [0.5, 0.6) is 5.75 Å². The van der Waals surface area contributed by atoms with Crippen molar-refractivity contribution in [3.8, 4) is 5.75 Å². The number of esters is 1. The van der Waals surface area contributed by atoms with E-state index in [9.17, 15) is 9.90 Å². The first-order chi connectivity index (χ1) is 16.3. The van der Waals surface area contributed by atoms with Gasteiger partial charge in [0.1, 0.15) is 22.9 Å². The number of fused-ring (bicyclic) bond motifs is 1. The van der Waals surface area contributed by atoms with Gasteiger partial charge in [-0.05, 0) is 39.0 Å². The largest absolute Gasteiger partial charge is 0.506 e. The quantitative estimate of drug-likeness (QED) is 0.159. The number of hydrogen-bond donors (Lipinski definition) is 3. The topological polar surface area (TPSA) is 158 Å². The molecule has 10 nitrogen and oxygen atoms in total. The van der Waals surface area contributed by atoms with Crippen molar-refractivity contribution in [3.05, 3.63) is 65.4 Å². The highest BCUT2D eigenvalue weighted by atomic mass is 16.5. The van der Waals surface area contributed by atoms with Gasteiger partial charge in [-0.1, -0.05) is 30.3 Å². The van der Waals surface area contributed by atoms with E-state index in [0.717, 1.165) is 5.39 Å². The highest BCUT2D eigenvalue weighted by molar-refractivity contribution is 6.24. The number of carbonyl (C=O) groups excluding carboxylic acids is 1. The molecule has 1 aromatic heterocycles. The number of aliphatic imine (C=N–C) groups is 2. The van der Waals surface area contributed by atoms with Crippen LogP contribution < -0.4 is 16.2 Å². The number of ether oxygens (including phenoxy) is 2. The maximum atomic E-state index is 12.5. The number of aromatic nitrogens is 2. The Hall–Kier alpha value is -4.47. The SMILES string of the molecule is CCOC(=O)C(C(N)=NC(N)=Nc1nc(C)c2cc(OCC)ccc2n1)=C(O)c1ccccc1. The Bertz CT molecular complexity index is 1290. The van der Waals surface area contributed by atoms with E-state index in [1.807, 2.05) is 19.9 Å². The summed E-state index contributed by atoms with van der Waals surface area (Å²) >= 11 is 0. The molecule has 0 aliphatic heterocycles. The highest BCUT2D eigenvalue weighted by Gasteiger charge is 2.22. The van der Waals surface area contributed by atoms with E-state index < -0.39 is 11.7 Å². The molecule has 3 rings (SSSR count).